The molecule has 0 saturated heterocycles. The number of thiazole rings is 1. The number of nitrogens with one attached hydrogen (secondary N) is 1. The summed E-state index contributed by atoms with van der Waals surface area (Å²) in [4.78, 5) is 25.9. The number of methoxy groups -OCH3 is 1. The van der Waals surface area contributed by atoms with Crippen LogP contribution in [0, 0.1) is 11.8 Å². The van der Waals surface area contributed by atoms with E-state index in [1.54, 1.807) is 24.3 Å². The zero-order chi connectivity index (χ0) is 21.7. The first-order chi connectivity index (χ1) is 14.3. The Bertz CT molecular complexity index is 1290. The second-order valence-corrected chi connectivity index (χ2v) is 8.30. The van der Waals surface area contributed by atoms with E-state index in [0.29, 0.717) is 17.4 Å². The van der Waals surface area contributed by atoms with Gasteiger partial charge in [-0.25, -0.2) is 9.78 Å². The number of aromatic carboxylic acids is 1. The number of carboxylic acid groups (broad SMARTS) is 1. The minimum Gasteiger partial charge on any atom is -0.495 e. The molecule has 0 amide bonds. The van der Waals surface area contributed by atoms with Gasteiger partial charge < -0.3 is 9.84 Å². The number of aromatic nitrogens is 1. The molecule has 0 radical (unpaired) electrons. The molecule has 0 aliphatic heterocycles. The first-order valence-corrected chi connectivity index (χ1v) is 10.7. The van der Waals surface area contributed by atoms with E-state index in [4.69, 9.17) is 9.84 Å². The molecule has 10 heteroatoms. The molecule has 0 aliphatic rings. The summed E-state index contributed by atoms with van der Waals surface area (Å²) in [5.41, 5.74) is 1.12. The van der Waals surface area contributed by atoms with Crippen molar-refractivity contribution in [3.63, 3.8) is 0 Å². The highest BCUT2D eigenvalue weighted by Gasteiger charge is 2.20. The van der Waals surface area contributed by atoms with Crippen molar-refractivity contribution >= 4 is 39.3 Å². The molecule has 0 bridgehead atoms. The predicted octanol–water partition coefficient (Wildman–Crippen LogP) is 2.86. The van der Waals surface area contributed by atoms with E-state index in [0.717, 1.165) is 11.3 Å². The number of hydrogen-bond donors (Lipinski definition) is 2. The van der Waals surface area contributed by atoms with Crippen molar-refractivity contribution in [1.29, 1.82) is 0 Å². The van der Waals surface area contributed by atoms with Gasteiger partial charge in [0.2, 0.25) is 0 Å². The van der Waals surface area contributed by atoms with E-state index in [9.17, 15) is 18.0 Å². The van der Waals surface area contributed by atoms with Crippen LogP contribution in [-0.2, 0) is 10.0 Å². The molecular formula is C20H14N2O6S2. The van der Waals surface area contributed by atoms with Crippen LogP contribution in [0.5, 0.6) is 5.75 Å². The molecule has 0 aliphatic carbocycles. The standard InChI is InChI=1S/C20H14N2O6S2/c1-28-17-10-15(20(24)25)6-7-16(17)22-30(26,27)19-12-29-18(21-19)8-5-13-3-2-4-14(9-13)11-23/h2-4,6-7,9-12,22H,1H3,(H,24,25). The van der Waals surface area contributed by atoms with Gasteiger partial charge in [-0.15, -0.1) is 11.3 Å². The van der Waals surface area contributed by atoms with Gasteiger partial charge in [0.15, 0.2) is 10.0 Å². The summed E-state index contributed by atoms with van der Waals surface area (Å²) in [6, 6.07) is 10.4. The van der Waals surface area contributed by atoms with E-state index in [2.05, 4.69) is 21.5 Å². The van der Waals surface area contributed by atoms with Gasteiger partial charge in [-0.1, -0.05) is 18.1 Å². The Labute approximate surface area is 176 Å². The van der Waals surface area contributed by atoms with Crippen molar-refractivity contribution < 1.29 is 27.9 Å². The number of nitrogens with zero attached hydrogens (tertiary/aromatic N) is 1. The molecule has 3 aromatic rings. The Balaban J connectivity index is 1.83. The highest BCUT2D eigenvalue weighted by molar-refractivity contribution is 7.92. The van der Waals surface area contributed by atoms with Crippen LogP contribution in [0.1, 0.15) is 31.3 Å². The molecule has 8 nitrogen and oxygen atoms in total. The molecule has 0 atom stereocenters. The van der Waals surface area contributed by atoms with Crippen molar-refractivity contribution in [2.24, 2.45) is 0 Å². The second-order valence-electron chi connectivity index (χ2n) is 5.81. The SMILES string of the molecule is COc1cc(C(=O)O)ccc1NS(=O)(=O)c1csc(C#Cc2cccc(C=O)c2)n1. The fraction of sp³-hybridized carbons (Fsp3) is 0.0500. The minimum atomic E-state index is -4.04. The van der Waals surface area contributed by atoms with Crippen LogP contribution < -0.4 is 9.46 Å². The van der Waals surface area contributed by atoms with Crippen LogP contribution in [0.2, 0.25) is 0 Å². The highest BCUT2D eigenvalue weighted by atomic mass is 32.2. The average molecular weight is 442 g/mol. The normalized spacial score (nSPS) is 10.6. The summed E-state index contributed by atoms with van der Waals surface area (Å²) in [6.45, 7) is 0. The van der Waals surface area contributed by atoms with Crippen molar-refractivity contribution in [2.75, 3.05) is 11.8 Å². The third kappa shape index (κ3) is 4.83. The first kappa shape index (κ1) is 21.0. The summed E-state index contributed by atoms with van der Waals surface area (Å²) in [5.74, 6) is 4.50. The smallest absolute Gasteiger partial charge is 0.335 e. The number of aldehydes is 1. The molecule has 30 heavy (non-hydrogen) atoms. The maximum absolute atomic E-state index is 12.6. The molecule has 1 heterocycles. The molecule has 0 spiro atoms. The minimum absolute atomic E-state index is 0.0420. The quantitative estimate of drug-likeness (QED) is 0.444. The molecule has 152 valence electrons. The number of sulfonamides is 1. The van der Waals surface area contributed by atoms with Gasteiger partial charge in [-0.2, -0.15) is 8.42 Å². The van der Waals surface area contributed by atoms with Crippen LogP contribution in [0.25, 0.3) is 0 Å². The third-order valence-electron chi connectivity index (χ3n) is 3.79. The summed E-state index contributed by atoms with van der Waals surface area (Å²) in [7, 11) is -2.74. The lowest BCUT2D eigenvalue weighted by atomic mass is 10.1. The van der Waals surface area contributed by atoms with Gasteiger partial charge in [0.05, 0.1) is 18.4 Å². The Morgan fingerprint density at radius 3 is 2.73 bits per heavy atom. The van der Waals surface area contributed by atoms with E-state index >= 15 is 0 Å². The number of hydrogen-bond acceptors (Lipinski definition) is 7. The topological polar surface area (TPSA) is 123 Å². The van der Waals surface area contributed by atoms with Gasteiger partial charge in [0.25, 0.3) is 10.0 Å². The zero-order valence-electron chi connectivity index (χ0n) is 15.4. The monoisotopic (exact) mass is 442 g/mol. The Morgan fingerprint density at radius 2 is 2.03 bits per heavy atom. The van der Waals surface area contributed by atoms with Gasteiger partial charge in [-0.05, 0) is 36.3 Å². The van der Waals surface area contributed by atoms with Gasteiger partial charge in [0.1, 0.15) is 12.0 Å². The van der Waals surface area contributed by atoms with E-state index < -0.39 is 16.0 Å². The van der Waals surface area contributed by atoms with Crippen molar-refractivity contribution in [3.8, 4) is 17.6 Å². The second kappa shape index (κ2) is 8.77. The van der Waals surface area contributed by atoms with Crippen molar-refractivity contribution in [2.45, 2.75) is 5.03 Å². The van der Waals surface area contributed by atoms with Gasteiger partial charge in [-0.3, -0.25) is 9.52 Å². The van der Waals surface area contributed by atoms with Crippen molar-refractivity contribution in [3.05, 3.63) is 69.5 Å². The van der Waals surface area contributed by atoms with Crippen LogP contribution in [-0.4, -0.2) is 37.9 Å². The fourth-order valence-corrected chi connectivity index (χ4v) is 4.37. The number of carbonyl (C=O) groups is 2. The number of benzene rings is 2. The lowest BCUT2D eigenvalue weighted by Crippen LogP contribution is -2.14. The molecule has 0 unspecified atom stereocenters. The summed E-state index contributed by atoms with van der Waals surface area (Å²) in [5, 5.41) is 10.4. The molecule has 0 fully saturated rings. The number of anilines is 1. The third-order valence-corrected chi connectivity index (χ3v) is 5.94. The molecular weight excluding hydrogens is 428 g/mol. The summed E-state index contributed by atoms with van der Waals surface area (Å²) in [6.07, 6.45) is 0.711. The Hall–Kier alpha value is -3.68. The predicted molar refractivity (Wildman–Crippen MR) is 111 cm³/mol. The van der Waals surface area contributed by atoms with E-state index in [1.807, 2.05) is 0 Å². The zero-order valence-corrected chi connectivity index (χ0v) is 17.1. The van der Waals surface area contributed by atoms with Crippen LogP contribution in [0.4, 0.5) is 5.69 Å². The maximum Gasteiger partial charge on any atom is 0.335 e. The molecule has 1 aromatic heterocycles. The Morgan fingerprint density at radius 1 is 1.23 bits per heavy atom. The molecule has 3 rings (SSSR count). The lowest BCUT2D eigenvalue weighted by molar-refractivity contribution is 0.0696. The average Bonchev–Trinajstić information content (AvgIpc) is 3.22. The van der Waals surface area contributed by atoms with E-state index in [-0.39, 0.29) is 27.0 Å². The number of ether oxygens (including phenoxy) is 1. The summed E-state index contributed by atoms with van der Waals surface area (Å²) < 4.78 is 32.7. The lowest BCUT2D eigenvalue weighted by Gasteiger charge is -2.11. The fourth-order valence-electron chi connectivity index (χ4n) is 2.36. The molecule has 0 saturated carbocycles. The van der Waals surface area contributed by atoms with Crippen LogP contribution in [0.15, 0.2) is 52.9 Å². The maximum atomic E-state index is 12.6. The van der Waals surface area contributed by atoms with Gasteiger partial charge in [0, 0.05) is 16.5 Å². The number of carboxylic acids is 1. The number of carbonyl (C=O) groups excluding carboxylic acids is 1. The first-order valence-electron chi connectivity index (χ1n) is 8.29. The highest BCUT2D eigenvalue weighted by Crippen LogP contribution is 2.28. The van der Waals surface area contributed by atoms with Crippen LogP contribution in [0.3, 0.4) is 0 Å². The largest absolute Gasteiger partial charge is 0.495 e. The van der Waals surface area contributed by atoms with Crippen molar-refractivity contribution in [1.82, 2.24) is 4.98 Å². The molecule has 2 aromatic carbocycles. The number of rotatable bonds is 6. The van der Waals surface area contributed by atoms with Gasteiger partial charge >= 0.3 is 5.97 Å². The summed E-state index contributed by atoms with van der Waals surface area (Å²) >= 11 is 1.05. The van der Waals surface area contributed by atoms with Crippen LogP contribution >= 0.6 is 11.3 Å². The Kier molecular flexibility index (Phi) is 6.15. The molecule has 2 N–H and O–H groups in total. The van der Waals surface area contributed by atoms with E-state index in [1.165, 1.54) is 30.7 Å².